The van der Waals surface area contributed by atoms with Gasteiger partial charge in [-0.1, -0.05) is 46.3 Å². The van der Waals surface area contributed by atoms with E-state index in [1.54, 1.807) is 12.1 Å². The van der Waals surface area contributed by atoms with Gasteiger partial charge in [-0.05, 0) is 5.56 Å². The molecule has 2 aliphatic rings. The van der Waals surface area contributed by atoms with Crippen LogP contribution < -0.4 is 0 Å². The van der Waals surface area contributed by atoms with Crippen LogP contribution in [0.25, 0.3) is 0 Å². The van der Waals surface area contributed by atoms with Crippen molar-refractivity contribution in [3.05, 3.63) is 35.9 Å². The van der Waals surface area contributed by atoms with Crippen LogP contribution in [0.1, 0.15) is 11.5 Å². The predicted molar refractivity (Wildman–Crippen MR) is 72.2 cm³/mol. The Balaban J connectivity index is 2.03. The fraction of sp³-hybridized carbons (Fsp3) is 0.500. The maximum atomic E-state index is 12.4. The molecule has 1 aliphatic carbocycles. The van der Waals surface area contributed by atoms with Crippen molar-refractivity contribution in [1.29, 1.82) is 0 Å². The molecule has 0 spiro atoms. The Labute approximate surface area is 119 Å². The zero-order chi connectivity index (χ0) is 13.6. The van der Waals surface area contributed by atoms with Crippen LogP contribution in [0.4, 0.5) is 0 Å². The largest absolute Gasteiger partial charge is 0.389 e. The molecule has 0 bridgehead atoms. The number of hydrogen-bond acceptors (Lipinski definition) is 4. The first kappa shape index (κ1) is 13.2. The maximum Gasteiger partial charge on any atom is 0.157 e. The summed E-state index contributed by atoms with van der Waals surface area (Å²) in [4.78, 5) is 12.0. The van der Waals surface area contributed by atoms with Gasteiger partial charge in [-0.2, -0.15) is 0 Å². The van der Waals surface area contributed by atoms with E-state index < -0.39 is 28.4 Å². The molecule has 2 fully saturated rings. The molecule has 1 aromatic carbocycles. The SMILES string of the molecule is O=C1C(Br)[C@H]2COC[C@@]2(O)[C@H](O)[C@H]1c1ccccc1. The zero-order valence-electron chi connectivity index (χ0n) is 10.2. The number of hydrogen-bond donors (Lipinski definition) is 2. The Kier molecular flexibility index (Phi) is 3.25. The molecule has 5 heteroatoms. The lowest BCUT2D eigenvalue weighted by molar-refractivity contribution is -0.151. The topological polar surface area (TPSA) is 66.8 Å². The van der Waals surface area contributed by atoms with Crippen LogP contribution in [0.2, 0.25) is 0 Å². The van der Waals surface area contributed by atoms with Gasteiger partial charge in [0.05, 0.1) is 30.1 Å². The van der Waals surface area contributed by atoms with E-state index in [2.05, 4.69) is 15.9 Å². The van der Waals surface area contributed by atoms with Gasteiger partial charge >= 0.3 is 0 Å². The highest BCUT2D eigenvalue weighted by molar-refractivity contribution is 9.10. The number of aliphatic hydroxyl groups excluding tert-OH is 1. The molecule has 3 rings (SSSR count). The first-order chi connectivity index (χ1) is 9.05. The van der Waals surface area contributed by atoms with Gasteiger partial charge in [0.2, 0.25) is 0 Å². The number of ether oxygens (including phenoxy) is 1. The smallest absolute Gasteiger partial charge is 0.157 e. The quantitative estimate of drug-likeness (QED) is 0.751. The van der Waals surface area contributed by atoms with Crippen LogP contribution in [-0.4, -0.2) is 45.7 Å². The van der Waals surface area contributed by atoms with Gasteiger partial charge in [0.25, 0.3) is 0 Å². The van der Waals surface area contributed by atoms with Gasteiger partial charge in [-0.3, -0.25) is 4.79 Å². The van der Waals surface area contributed by atoms with E-state index >= 15 is 0 Å². The van der Waals surface area contributed by atoms with Crippen LogP contribution in [0.15, 0.2) is 30.3 Å². The predicted octanol–water partition coefficient (Wildman–Crippen LogP) is 0.855. The molecule has 2 N–H and O–H groups in total. The summed E-state index contributed by atoms with van der Waals surface area (Å²) in [6.07, 6.45) is -1.14. The molecule has 1 heterocycles. The third kappa shape index (κ3) is 1.88. The number of alkyl halides is 1. The summed E-state index contributed by atoms with van der Waals surface area (Å²) in [5.41, 5.74) is -0.633. The van der Waals surface area contributed by atoms with Gasteiger partial charge in [-0.25, -0.2) is 0 Å². The van der Waals surface area contributed by atoms with Crippen LogP contribution >= 0.6 is 15.9 Å². The lowest BCUT2D eigenvalue weighted by atomic mass is 9.67. The highest BCUT2D eigenvalue weighted by atomic mass is 79.9. The van der Waals surface area contributed by atoms with E-state index in [1.807, 2.05) is 18.2 Å². The maximum absolute atomic E-state index is 12.4. The Morgan fingerprint density at radius 2 is 2.00 bits per heavy atom. The molecule has 4 nitrogen and oxygen atoms in total. The molecule has 0 amide bonds. The molecular formula is C14H15BrO4. The highest BCUT2D eigenvalue weighted by Gasteiger charge is 2.60. The minimum absolute atomic E-state index is 0.0670. The fourth-order valence-corrected chi connectivity index (χ4v) is 3.96. The van der Waals surface area contributed by atoms with Crippen molar-refractivity contribution in [2.75, 3.05) is 13.2 Å². The van der Waals surface area contributed by atoms with Crippen molar-refractivity contribution in [3.63, 3.8) is 0 Å². The Morgan fingerprint density at radius 1 is 1.32 bits per heavy atom. The van der Waals surface area contributed by atoms with E-state index in [9.17, 15) is 15.0 Å². The zero-order valence-corrected chi connectivity index (χ0v) is 11.8. The summed E-state index contributed by atoms with van der Waals surface area (Å²) in [6.45, 7) is 0.355. The van der Waals surface area contributed by atoms with Crippen molar-refractivity contribution in [3.8, 4) is 0 Å². The molecule has 1 saturated heterocycles. The summed E-state index contributed by atoms with van der Waals surface area (Å²) >= 11 is 3.36. The van der Waals surface area contributed by atoms with Gasteiger partial charge < -0.3 is 14.9 Å². The number of fused-ring (bicyclic) bond motifs is 1. The third-order valence-electron chi connectivity index (χ3n) is 4.19. The Morgan fingerprint density at radius 3 is 2.68 bits per heavy atom. The number of benzene rings is 1. The Bertz CT molecular complexity index is 491. The van der Waals surface area contributed by atoms with E-state index in [1.165, 1.54) is 0 Å². The standard InChI is InChI=1S/C14H15BrO4/c15-11-9-6-19-7-14(9,18)13(17)10(12(11)16)8-4-2-1-3-5-8/h1-5,9-11,13,17-18H,6-7H2/t9-,10+,11?,13-,14+/m1/s1. The number of carbonyl (C=O) groups excluding carboxylic acids is 1. The van der Waals surface area contributed by atoms with Crippen LogP contribution in [0.5, 0.6) is 0 Å². The highest BCUT2D eigenvalue weighted by Crippen LogP contribution is 2.46. The van der Waals surface area contributed by atoms with E-state index in [0.717, 1.165) is 5.56 Å². The second-order valence-corrected chi connectivity index (χ2v) is 6.24. The van der Waals surface area contributed by atoms with Crippen LogP contribution in [-0.2, 0) is 9.53 Å². The molecule has 0 aromatic heterocycles. The number of halogens is 1. The average molecular weight is 327 g/mol. The van der Waals surface area contributed by atoms with Gasteiger partial charge in [0.15, 0.2) is 5.78 Å². The molecule has 19 heavy (non-hydrogen) atoms. The normalized spacial score (nSPS) is 42.2. The minimum Gasteiger partial charge on any atom is -0.389 e. The average Bonchev–Trinajstić information content (AvgIpc) is 2.82. The monoisotopic (exact) mass is 326 g/mol. The van der Waals surface area contributed by atoms with Crippen molar-refractivity contribution < 1.29 is 19.7 Å². The number of rotatable bonds is 1. The summed E-state index contributed by atoms with van der Waals surface area (Å²) in [5, 5.41) is 21.1. The van der Waals surface area contributed by atoms with Crippen molar-refractivity contribution >= 4 is 21.7 Å². The molecule has 0 radical (unpaired) electrons. The van der Waals surface area contributed by atoms with Gasteiger partial charge in [0.1, 0.15) is 5.60 Å². The molecular weight excluding hydrogens is 312 g/mol. The molecule has 1 aromatic rings. The first-order valence-electron chi connectivity index (χ1n) is 6.26. The molecule has 1 aliphatic heterocycles. The number of Topliss-reactive ketones (excluding diaryl/α,β-unsaturated/α-hetero) is 1. The van der Waals surface area contributed by atoms with Crippen LogP contribution in [0, 0.1) is 5.92 Å². The first-order valence-corrected chi connectivity index (χ1v) is 7.18. The summed E-state index contributed by atoms with van der Waals surface area (Å²) < 4.78 is 5.28. The third-order valence-corrected chi connectivity index (χ3v) is 5.28. The molecule has 102 valence electrons. The summed E-state index contributed by atoms with van der Waals surface area (Å²) in [7, 11) is 0. The minimum atomic E-state index is -1.36. The lowest BCUT2D eigenvalue weighted by Crippen LogP contribution is -2.61. The van der Waals surface area contributed by atoms with E-state index in [-0.39, 0.29) is 19.0 Å². The molecule has 1 unspecified atom stereocenters. The lowest BCUT2D eigenvalue weighted by Gasteiger charge is -2.44. The van der Waals surface area contributed by atoms with Crippen LogP contribution in [0.3, 0.4) is 0 Å². The van der Waals surface area contributed by atoms with Gasteiger partial charge in [0, 0.05) is 5.92 Å². The second-order valence-electron chi connectivity index (χ2n) is 5.25. The van der Waals surface area contributed by atoms with Crippen molar-refractivity contribution in [1.82, 2.24) is 0 Å². The number of carbonyl (C=O) groups is 1. The summed E-state index contributed by atoms with van der Waals surface area (Å²) in [5.74, 6) is -1.21. The number of aliphatic hydroxyl groups is 2. The Hall–Kier alpha value is -0.750. The molecule has 1 saturated carbocycles. The number of ketones is 1. The fourth-order valence-electron chi connectivity index (χ4n) is 3.06. The van der Waals surface area contributed by atoms with E-state index in [4.69, 9.17) is 4.74 Å². The van der Waals surface area contributed by atoms with Crippen molar-refractivity contribution in [2.24, 2.45) is 5.92 Å². The second kappa shape index (κ2) is 4.66. The van der Waals surface area contributed by atoms with Crippen molar-refractivity contribution in [2.45, 2.75) is 22.5 Å². The molecule has 5 atom stereocenters. The van der Waals surface area contributed by atoms with Gasteiger partial charge in [-0.15, -0.1) is 0 Å². The summed E-state index contributed by atoms with van der Waals surface area (Å²) in [6, 6.07) is 9.08. The van der Waals surface area contributed by atoms with E-state index in [0.29, 0.717) is 0 Å².